The first kappa shape index (κ1) is 48.3. The van der Waals surface area contributed by atoms with Gasteiger partial charge in [0.25, 0.3) is 0 Å². The Bertz CT molecular complexity index is 4860. The molecule has 14 aromatic rings. The van der Waals surface area contributed by atoms with Crippen molar-refractivity contribution in [1.82, 2.24) is 4.48 Å². The highest BCUT2D eigenvalue weighted by molar-refractivity contribution is 6.90. The van der Waals surface area contributed by atoms with Crippen molar-refractivity contribution >= 4 is 117 Å². The van der Waals surface area contributed by atoms with E-state index in [-0.39, 0.29) is 17.7 Å². The molecular formula is C78H60BN3. The molecule has 0 saturated carbocycles. The van der Waals surface area contributed by atoms with Crippen molar-refractivity contribution < 1.29 is 0 Å². The quantitative estimate of drug-likeness (QED) is 0.121. The first-order valence-electron chi connectivity index (χ1n) is 29.0. The van der Waals surface area contributed by atoms with Gasteiger partial charge >= 0.3 is 6.85 Å². The van der Waals surface area contributed by atoms with Crippen LogP contribution in [0.2, 0.25) is 0 Å². The maximum atomic E-state index is 2.77. The van der Waals surface area contributed by atoms with Crippen molar-refractivity contribution in [2.24, 2.45) is 0 Å². The summed E-state index contributed by atoms with van der Waals surface area (Å²) >= 11 is 0. The Hall–Kier alpha value is -9.64. The number of hydrogen-bond acceptors (Lipinski definition) is 2. The summed E-state index contributed by atoms with van der Waals surface area (Å²) in [7, 11) is 0. The largest absolute Gasteiger partial charge is 0.375 e. The molecule has 13 aromatic carbocycles. The lowest BCUT2D eigenvalue weighted by molar-refractivity contribution is 0.569. The minimum atomic E-state index is -0.227. The Balaban J connectivity index is 1.16. The van der Waals surface area contributed by atoms with Gasteiger partial charge in [0.2, 0.25) is 0 Å². The number of aromatic nitrogens is 1. The standard InChI is InChI=1S/C78H60BN3/c1-77(2,3)53-42-54(78(4,5)6)44-57(43-53)81-69-48-64-63(71(50-26-11-7-12-27-50)61-37-23-24-38-62(61)72(64)51-28-13-8-14-29-51)47-67(69)79-75-65(45-58(46-70(75)81)80(55-31-15-9-16-32-55)56-33-17-10-18-34-56)66-41-52-30-20-22-36-60(52)74-73-59-35-21-19-25-49(59)39-40-68(73)82(79)76(66)74/h7-48H,1-6H3. The molecule has 3 heterocycles. The van der Waals surface area contributed by atoms with Crippen LogP contribution in [0.4, 0.5) is 34.1 Å². The number of rotatable bonds is 6. The number of benzene rings is 13. The van der Waals surface area contributed by atoms with Crippen molar-refractivity contribution in [3.05, 3.63) is 266 Å². The van der Waals surface area contributed by atoms with Crippen molar-refractivity contribution in [3.8, 4) is 33.4 Å². The molecule has 2 aliphatic rings. The summed E-state index contributed by atoms with van der Waals surface area (Å²) < 4.78 is 2.77. The molecule has 0 aliphatic carbocycles. The number of para-hydroxylation sites is 2. The molecule has 0 fully saturated rings. The normalized spacial score (nSPS) is 13.0. The molecule has 0 spiro atoms. The predicted molar refractivity (Wildman–Crippen MR) is 353 cm³/mol. The van der Waals surface area contributed by atoms with Crippen LogP contribution in [0.3, 0.4) is 0 Å². The van der Waals surface area contributed by atoms with Crippen LogP contribution in [0.25, 0.3) is 98.3 Å². The van der Waals surface area contributed by atoms with E-state index in [2.05, 4.69) is 311 Å². The fourth-order valence-electron chi connectivity index (χ4n) is 14.1. The summed E-state index contributed by atoms with van der Waals surface area (Å²) in [5, 5.41) is 12.6. The first-order valence-corrected chi connectivity index (χ1v) is 29.0. The second-order valence-electron chi connectivity index (χ2n) is 24.8. The van der Waals surface area contributed by atoms with E-state index in [9.17, 15) is 0 Å². The number of anilines is 6. The van der Waals surface area contributed by atoms with Gasteiger partial charge in [0.05, 0.1) is 0 Å². The molecule has 0 radical (unpaired) electrons. The fourth-order valence-corrected chi connectivity index (χ4v) is 14.1. The molecule has 16 rings (SSSR count). The minimum absolute atomic E-state index is 0.137. The van der Waals surface area contributed by atoms with E-state index in [4.69, 9.17) is 0 Å². The monoisotopic (exact) mass is 1050 g/mol. The summed E-state index contributed by atoms with van der Waals surface area (Å²) in [4.78, 5) is 5.15. The maximum absolute atomic E-state index is 2.77. The lowest BCUT2D eigenvalue weighted by Crippen LogP contribution is -2.56. The average Bonchev–Trinajstić information content (AvgIpc) is 2.37. The van der Waals surface area contributed by atoms with Gasteiger partial charge in [0.1, 0.15) is 0 Å². The van der Waals surface area contributed by atoms with Crippen molar-refractivity contribution in [3.63, 3.8) is 0 Å². The first-order chi connectivity index (χ1) is 40.0. The molecule has 1 aromatic heterocycles. The smallest absolute Gasteiger partial charge is 0.333 e. The van der Waals surface area contributed by atoms with Gasteiger partial charge in [-0.05, 0) is 171 Å². The van der Waals surface area contributed by atoms with E-state index >= 15 is 0 Å². The molecule has 82 heavy (non-hydrogen) atoms. The summed E-state index contributed by atoms with van der Waals surface area (Å²) in [6, 6.07) is 96.4. The fraction of sp³-hybridized carbons (Fsp3) is 0.103. The number of hydrogen-bond donors (Lipinski definition) is 0. The number of fused-ring (bicyclic) bond motifs is 13. The summed E-state index contributed by atoms with van der Waals surface area (Å²) in [5.41, 5.74) is 21.6. The van der Waals surface area contributed by atoms with Gasteiger partial charge in [0.15, 0.2) is 0 Å². The summed E-state index contributed by atoms with van der Waals surface area (Å²) in [6.45, 7) is 14.0. The van der Waals surface area contributed by atoms with Crippen LogP contribution < -0.4 is 20.7 Å². The van der Waals surface area contributed by atoms with Crippen molar-refractivity contribution in [2.75, 3.05) is 9.80 Å². The van der Waals surface area contributed by atoms with Gasteiger partial charge < -0.3 is 14.3 Å². The second kappa shape index (κ2) is 17.9. The van der Waals surface area contributed by atoms with E-state index in [1.54, 1.807) is 0 Å². The SMILES string of the molecule is CC(C)(C)c1cc(N2c3cc4c(-c5ccccc5)c5ccccc5c(-c5ccccc5)c4cc3B3c4c(cc(N(c5ccccc5)c5ccccc5)cc42)-c2cc4ccccc4c4c5c6ccccc6ccc5n3c24)cc(C(C)(C)C)c1. The lowest BCUT2D eigenvalue weighted by atomic mass is 9.44. The average molecular weight is 1050 g/mol. The van der Waals surface area contributed by atoms with Crippen molar-refractivity contribution in [2.45, 2.75) is 52.4 Å². The summed E-state index contributed by atoms with van der Waals surface area (Å²) in [6.07, 6.45) is 0. The number of nitrogens with zero attached hydrogens (tertiary/aromatic N) is 3. The molecule has 0 bridgehead atoms. The van der Waals surface area contributed by atoms with E-state index in [1.165, 1.54) is 132 Å². The second-order valence-corrected chi connectivity index (χ2v) is 24.8. The van der Waals surface area contributed by atoms with Crippen LogP contribution in [0.5, 0.6) is 0 Å². The Morgan fingerprint density at radius 2 is 0.866 bits per heavy atom. The molecule has 0 N–H and O–H groups in total. The zero-order valence-corrected chi connectivity index (χ0v) is 47.2. The zero-order chi connectivity index (χ0) is 55.2. The third kappa shape index (κ3) is 7.23. The Labute approximate surface area is 480 Å². The molecular weight excluding hydrogens is 990 g/mol. The third-order valence-corrected chi connectivity index (χ3v) is 17.9. The van der Waals surface area contributed by atoms with Crippen molar-refractivity contribution in [1.29, 1.82) is 0 Å². The van der Waals surface area contributed by atoms with E-state index in [0.29, 0.717) is 0 Å². The highest BCUT2D eigenvalue weighted by Crippen LogP contribution is 2.53. The summed E-state index contributed by atoms with van der Waals surface area (Å²) in [5.74, 6) is 0. The van der Waals surface area contributed by atoms with Gasteiger partial charge in [-0.2, -0.15) is 0 Å². The maximum Gasteiger partial charge on any atom is 0.333 e. The molecule has 0 saturated heterocycles. The van der Waals surface area contributed by atoms with Gasteiger partial charge in [-0.1, -0.05) is 230 Å². The van der Waals surface area contributed by atoms with Crippen LogP contribution in [-0.4, -0.2) is 11.3 Å². The Morgan fingerprint density at radius 1 is 0.366 bits per heavy atom. The van der Waals surface area contributed by atoms with Crippen LogP contribution in [-0.2, 0) is 10.8 Å². The zero-order valence-electron chi connectivity index (χ0n) is 47.2. The van der Waals surface area contributed by atoms with Crippen LogP contribution in [0.1, 0.15) is 52.7 Å². The molecule has 0 unspecified atom stereocenters. The highest BCUT2D eigenvalue weighted by atomic mass is 15.2. The van der Waals surface area contributed by atoms with Gasteiger partial charge in [-0.25, -0.2) is 0 Å². The molecule has 390 valence electrons. The van der Waals surface area contributed by atoms with E-state index < -0.39 is 0 Å². The van der Waals surface area contributed by atoms with E-state index in [0.717, 1.165) is 22.7 Å². The molecule has 0 atom stereocenters. The third-order valence-electron chi connectivity index (χ3n) is 17.9. The molecule has 3 nitrogen and oxygen atoms in total. The van der Waals surface area contributed by atoms with Gasteiger partial charge in [-0.3, -0.25) is 0 Å². The molecule has 0 amide bonds. The van der Waals surface area contributed by atoms with Crippen LogP contribution in [0.15, 0.2) is 255 Å². The predicted octanol–water partition coefficient (Wildman–Crippen LogP) is 20.2. The topological polar surface area (TPSA) is 11.4 Å². The lowest BCUT2D eigenvalue weighted by Gasteiger charge is -2.42. The Kier molecular flexibility index (Phi) is 10.6. The Morgan fingerprint density at radius 3 is 1.44 bits per heavy atom. The van der Waals surface area contributed by atoms with Gasteiger partial charge in [-0.15, -0.1) is 0 Å². The van der Waals surface area contributed by atoms with E-state index in [1.807, 2.05) is 0 Å². The highest BCUT2D eigenvalue weighted by Gasteiger charge is 2.45. The molecule has 2 aliphatic heterocycles. The molecule has 4 heteroatoms. The van der Waals surface area contributed by atoms with Crippen LogP contribution in [0, 0.1) is 0 Å². The van der Waals surface area contributed by atoms with Crippen LogP contribution >= 0.6 is 0 Å². The van der Waals surface area contributed by atoms with Gasteiger partial charge in [0, 0.05) is 61.5 Å². The minimum Gasteiger partial charge on any atom is -0.375 e.